The average Bonchev–Trinajstić information content (AvgIpc) is 2.67. The summed E-state index contributed by atoms with van der Waals surface area (Å²) in [5.41, 5.74) is 0.811. The van der Waals surface area contributed by atoms with E-state index in [4.69, 9.17) is 5.11 Å². The van der Waals surface area contributed by atoms with Crippen LogP contribution in [0.15, 0.2) is 12.3 Å². The number of aliphatic carboxylic acids is 1. The Bertz CT molecular complexity index is 387. The van der Waals surface area contributed by atoms with Crippen molar-refractivity contribution in [2.45, 2.75) is 32.2 Å². The molecule has 6 heteroatoms. The van der Waals surface area contributed by atoms with Gasteiger partial charge in [-0.2, -0.15) is 5.10 Å². The summed E-state index contributed by atoms with van der Waals surface area (Å²) >= 11 is 0. The molecule has 2 N–H and O–H groups in total. The van der Waals surface area contributed by atoms with E-state index in [1.54, 1.807) is 4.68 Å². The van der Waals surface area contributed by atoms with E-state index in [1.807, 2.05) is 19.3 Å². The SMILES string of the molecule is Cn1ccc(CNC(=O)CCCCC(=O)O)n1. The zero-order chi connectivity index (χ0) is 12.7. The summed E-state index contributed by atoms with van der Waals surface area (Å²) in [5, 5.41) is 15.3. The molecule has 0 unspecified atom stereocenters. The number of carboxylic acids is 1. The van der Waals surface area contributed by atoms with Gasteiger partial charge in [0.2, 0.25) is 5.91 Å². The number of unbranched alkanes of at least 4 members (excludes halogenated alkanes) is 1. The number of amides is 1. The summed E-state index contributed by atoms with van der Waals surface area (Å²) in [7, 11) is 1.82. The molecule has 1 aromatic rings. The maximum Gasteiger partial charge on any atom is 0.303 e. The molecule has 0 aliphatic carbocycles. The summed E-state index contributed by atoms with van der Waals surface area (Å²) in [6.45, 7) is 0.415. The fourth-order valence-electron chi connectivity index (χ4n) is 1.40. The molecule has 0 saturated carbocycles. The first kappa shape index (κ1) is 13.2. The normalized spacial score (nSPS) is 10.2. The fraction of sp³-hybridized carbons (Fsp3) is 0.545. The predicted molar refractivity (Wildman–Crippen MR) is 61.2 cm³/mol. The Labute approximate surface area is 99.6 Å². The minimum absolute atomic E-state index is 0.0685. The lowest BCUT2D eigenvalue weighted by atomic mass is 10.2. The third-order valence-electron chi connectivity index (χ3n) is 2.28. The highest BCUT2D eigenvalue weighted by Crippen LogP contribution is 2.00. The quantitative estimate of drug-likeness (QED) is 0.685. The maximum atomic E-state index is 11.4. The molecule has 0 atom stereocenters. The van der Waals surface area contributed by atoms with Gasteiger partial charge >= 0.3 is 5.97 Å². The molecule has 0 saturated heterocycles. The number of nitrogens with zero attached hydrogens (tertiary/aromatic N) is 2. The Morgan fingerprint density at radius 3 is 2.71 bits per heavy atom. The fourth-order valence-corrected chi connectivity index (χ4v) is 1.40. The van der Waals surface area contributed by atoms with E-state index >= 15 is 0 Å². The molecule has 0 aliphatic heterocycles. The van der Waals surface area contributed by atoms with Crippen molar-refractivity contribution >= 4 is 11.9 Å². The monoisotopic (exact) mass is 239 g/mol. The van der Waals surface area contributed by atoms with Crippen LogP contribution in [0.1, 0.15) is 31.4 Å². The van der Waals surface area contributed by atoms with Crippen LogP contribution < -0.4 is 5.32 Å². The lowest BCUT2D eigenvalue weighted by Gasteiger charge is -2.02. The molecular formula is C11H17N3O3. The van der Waals surface area contributed by atoms with Gasteiger partial charge in [-0.05, 0) is 18.9 Å². The van der Waals surface area contributed by atoms with E-state index in [-0.39, 0.29) is 12.3 Å². The summed E-state index contributed by atoms with van der Waals surface area (Å²) in [6, 6.07) is 1.84. The van der Waals surface area contributed by atoms with Gasteiger partial charge in [0, 0.05) is 26.1 Å². The lowest BCUT2D eigenvalue weighted by molar-refractivity contribution is -0.137. The molecular weight excluding hydrogens is 222 g/mol. The van der Waals surface area contributed by atoms with Gasteiger partial charge < -0.3 is 10.4 Å². The van der Waals surface area contributed by atoms with Crippen LogP contribution in [0.4, 0.5) is 0 Å². The minimum atomic E-state index is -0.820. The van der Waals surface area contributed by atoms with Crippen molar-refractivity contribution in [3.63, 3.8) is 0 Å². The van der Waals surface area contributed by atoms with Gasteiger partial charge in [-0.15, -0.1) is 0 Å². The van der Waals surface area contributed by atoms with Gasteiger partial charge in [-0.25, -0.2) is 0 Å². The molecule has 1 amide bonds. The van der Waals surface area contributed by atoms with Crippen molar-refractivity contribution in [2.75, 3.05) is 0 Å². The Morgan fingerprint density at radius 2 is 2.12 bits per heavy atom. The standard InChI is InChI=1S/C11H17N3O3/c1-14-7-6-9(13-14)8-12-10(15)4-2-3-5-11(16)17/h6-7H,2-5,8H2,1H3,(H,12,15)(H,16,17). The third kappa shape index (κ3) is 5.70. The van der Waals surface area contributed by atoms with Crippen molar-refractivity contribution in [1.82, 2.24) is 15.1 Å². The van der Waals surface area contributed by atoms with Crippen molar-refractivity contribution in [3.8, 4) is 0 Å². The molecule has 1 rings (SSSR count). The largest absolute Gasteiger partial charge is 0.481 e. The van der Waals surface area contributed by atoms with Crippen molar-refractivity contribution < 1.29 is 14.7 Å². The molecule has 94 valence electrons. The van der Waals surface area contributed by atoms with Crippen LogP contribution >= 0.6 is 0 Å². The first-order valence-electron chi connectivity index (χ1n) is 5.55. The number of nitrogens with one attached hydrogen (secondary N) is 1. The number of rotatable bonds is 7. The van der Waals surface area contributed by atoms with Gasteiger partial charge in [0.25, 0.3) is 0 Å². The number of aryl methyl sites for hydroxylation is 1. The molecule has 0 radical (unpaired) electrons. The van der Waals surface area contributed by atoms with Crippen LogP contribution in [0.2, 0.25) is 0 Å². The molecule has 0 aliphatic rings. The molecule has 6 nitrogen and oxygen atoms in total. The minimum Gasteiger partial charge on any atom is -0.481 e. The number of hydrogen-bond donors (Lipinski definition) is 2. The summed E-state index contributed by atoms with van der Waals surface area (Å²) < 4.78 is 1.67. The van der Waals surface area contributed by atoms with Gasteiger partial charge in [0.15, 0.2) is 0 Å². The van der Waals surface area contributed by atoms with E-state index in [1.165, 1.54) is 0 Å². The molecule has 0 fully saturated rings. The maximum absolute atomic E-state index is 11.4. The highest BCUT2D eigenvalue weighted by molar-refractivity contribution is 5.75. The predicted octanol–water partition coefficient (Wildman–Crippen LogP) is 0.681. The van der Waals surface area contributed by atoms with Crippen LogP contribution in [0.25, 0.3) is 0 Å². The van der Waals surface area contributed by atoms with Gasteiger partial charge in [-0.1, -0.05) is 0 Å². The zero-order valence-electron chi connectivity index (χ0n) is 9.85. The molecule has 1 heterocycles. The Hall–Kier alpha value is -1.85. The van der Waals surface area contributed by atoms with Gasteiger partial charge in [0.1, 0.15) is 0 Å². The van der Waals surface area contributed by atoms with Crippen molar-refractivity contribution in [2.24, 2.45) is 7.05 Å². The molecule has 17 heavy (non-hydrogen) atoms. The number of hydrogen-bond acceptors (Lipinski definition) is 3. The Balaban J connectivity index is 2.11. The summed E-state index contributed by atoms with van der Waals surface area (Å²) in [5.74, 6) is -0.889. The van der Waals surface area contributed by atoms with Crippen molar-refractivity contribution in [1.29, 1.82) is 0 Å². The second kappa shape index (κ2) is 6.67. The number of carbonyl (C=O) groups is 2. The third-order valence-corrected chi connectivity index (χ3v) is 2.28. The highest BCUT2D eigenvalue weighted by Gasteiger charge is 2.03. The van der Waals surface area contributed by atoms with Crippen LogP contribution in [0, 0.1) is 0 Å². The van der Waals surface area contributed by atoms with Crippen LogP contribution in [0.3, 0.4) is 0 Å². The number of carbonyl (C=O) groups excluding carboxylic acids is 1. The first-order valence-corrected chi connectivity index (χ1v) is 5.55. The van der Waals surface area contributed by atoms with Crippen LogP contribution in [-0.2, 0) is 23.2 Å². The first-order chi connectivity index (χ1) is 8.08. The zero-order valence-corrected chi connectivity index (χ0v) is 9.85. The van der Waals surface area contributed by atoms with Crippen LogP contribution in [-0.4, -0.2) is 26.8 Å². The summed E-state index contributed by atoms with van der Waals surface area (Å²) in [6.07, 6.45) is 3.43. The number of aromatic nitrogens is 2. The van der Waals surface area contributed by atoms with E-state index in [0.29, 0.717) is 25.8 Å². The molecule has 0 spiro atoms. The average molecular weight is 239 g/mol. The summed E-state index contributed by atoms with van der Waals surface area (Å²) in [4.78, 5) is 21.6. The second-order valence-electron chi connectivity index (χ2n) is 3.86. The van der Waals surface area contributed by atoms with Crippen molar-refractivity contribution in [3.05, 3.63) is 18.0 Å². The Morgan fingerprint density at radius 1 is 1.41 bits per heavy atom. The lowest BCUT2D eigenvalue weighted by Crippen LogP contribution is -2.22. The van der Waals surface area contributed by atoms with E-state index in [0.717, 1.165) is 5.69 Å². The molecule has 1 aromatic heterocycles. The highest BCUT2D eigenvalue weighted by atomic mass is 16.4. The van der Waals surface area contributed by atoms with E-state index in [9.17, 15) is 9.59 Å². The second-order valence-corrected chi connectivity index (χ2v) is 3.86. The molecule has 0 aromatic carbocycles. The van der Waals surface area contributed by atoms with E-state index in [2.05, 4.69) is 10.4 Å². The number of carboxylic acid groups (broad SMARTS) is 1. The van der Waals surface area contributed by atoms with E-state index < -0.39 is 5.97 Å². The molecule has 0 bridgehead atoms. The Kier molecular flexibility index (Phi) is 5.19. The van der Waals surface area contributed by atoms with Crippen LogP contribution in [0.5, 0.6) is 0 Å². The van der Waals surface area contributed by atoms with Gasteiger partial charge in [0.05, 0.1) is 12.2 Å². The smallest absolute Gasteiger partial charge is 0.303 e. The van der Waals surface area contributed by atoms with Gasteiger partial charge in [-0.3, -0.25) is 14.3 Å². The topological polar surface area (TPSA) is 84.2 Å².